The number of nitrogens with zero attached hydrogens (tertiary/aromatic N) is 1. The van der Waals surface area contributed by atoms with Gasteiger partial charge < -0.3 is 4.98 Å². The minimum absolute atomic E-state index is 0.151. The van der Waals surface area contributed by atoms with E-state index in [0.29, 0.717) is 5.56 Å². The zero-order valence-electron chi connectivity index (χ0n) is 11.4. The number of hydrogen-bond donors (Lipinski definition) is 1. The van der Waals surface area contributed by atoms with Crippen molar-refractivity contribution in [2.24, 2.45) is 0 Å². The van der Waals surface area contributed by atoms with E-state index >= 15 is 0 Å². The Morgan fingerprint density at radius 3 is 2.95 bits per heavy atom. The first kappa shape index (κ1) is 13.3. The predicted octanol–water partition coefficient (Wildman–Crippen LogP) is 4.33. The number of carbonyl (C=O) groups excluding carboxylic acids is 1. The maximum atomic E-state index is 12.6. The number of nitriles is 1. The largest absolute Gasteiger partial charge is 0.360 e. The van der Waals surface area contributed by atoms with Gasteiger partial charge in [-0.25, -0.2) is 0 Å². The molecule has 0 bridgehead atoms. The number of aromatic nitrogens is 1. The molecule has 21 heavy (non-hydrogen) atoms. The van der Waals surface area contributed by atoms with E-state index in [1.807, 2.05) is 48.0 Å². The van der Waals surface area contributed by atoms with Crippen LogP contribution in [0.2, 0.25) is 0 Å². The van der Waals surface area contributed by atoms with Crippen LogP contribution in [0.15, 0.2) is 46.8 Å². The van der Waals surface area contributed by atoms with E-state index < -0.39 is 0 Å². The van der Waals surface area contributed by atoms with Crippen molar-refractivity contribution < 1.29 is 4.79 Å². The summed E-state index contributed by atoms with van der Waals surface area (Å²) in [6.07, 6.45) is 3.31. The molecule has 4 heteroatoms. The average Bonchev–Trinajstić information content (AvgIpc) is 3.14. The summed E-state index contributed by atoms with van der Waals surface area (Å²) >= 11 is 1.53. The lowest BCUT2D eigenvalue weighted by Gasteiger charge is -2.00. The van der Waals surface area contributed by atoms with Crippen LogP contribution in [0.3, 0.4) is 0 Å². The zero-order valence-corrected chi connectivity index (χ0v) is 12.2. The van der Waals surface area contributed by atoms with Crippen molar-refractivity contribution in [1.82, 2.24) is 4.98 Å². The van der Waals surface area contributed by atoms with Crippen molar-refractivity contribution in [1.29, 1.82) is 5.26 Å². The van der Waals surface area contributed by atoms with Gasteiger partial charge >= 0.3 is 0 Å². The van der Waals surface area contributed by atoms with Crippen LogP contribution >= 0.6 is 11.3 Å². The highest BCUT2D eigenvalue weighted by Crippen LogP contribution is 2.25. The molecule has 0 unspecified atom stereocenters. The number of benzene rings is 1. The number of nitrogens with one attached hydrogen (secondary N) is 1. The Morgan fingerprint density at radius 2 is 2.24 bits per heavy atom. The molecule has 0 saturated heterocycles. The van der Waals surface area contributed by atoms with Crippen LogP contribution in [-0.2, 0) is 0 Å². The van der Waals surface area contributed by atoms with Gasteiger partial charge in [0.25, 0.3) is 0 Å². The highest BCUT2D eigenvalue weighted by atomic mass is 32.1. The number of H-pyrrole nitrogens is 1. The lowest BCUT2D eigenvalue weighted by Crippen LogP contribution is -2.01. The molecule has 3 aromatic rings. The van der Waals surface area contributed by atoms with E-state index in [2.05, 4.69) is 4.98 Å². The summed E-state index contributed by atoms with van der Waals surface area (Å²) in [5.74, 6) is -0.246. The molecule has 0 aliphatic heterocycles. The topological polar surface area (TPSA) is 56.6 Å². The molecule has 2 heterocycles. The van der Waals surface area contributed by atoms with Gasteiger partial charge in [0.05, 0.1) is 0 Å². The lowest BCUT2D eigenvalue weighted by molar-refractivity contribution is 0.104. The van der Waals surface area contributed by atoms with Crippen molar-refractivity contribution in [3.63, 3.8) is 0 Å². The molecule has 0 fully saturated rings. The van der Waals surface area contributed by atoms with E-state index in [1.54, 1.807) is 12.3 Å². The third-order valence-electron chi connectivity index (χ3n) is 3.38. The number of aryl methyl sites for hydroxylation is 1. The monoisotopic (exact) mass is 292 g/mol. The Bertz CT molecular complexity index is 879. The van der Waals surface area contributed by atoms with Gasteiger partial charge in [-0.1, -0.05) is 12.1 Å². The summed E-state index contributed by atoms with van der Waals surface area (Å²) in [5.41, 5.74) is 3.50. The quantitative estimate of drug-likeness (QED) is 0.444. The summed E-state index contributed by atoms with van der Waals surface area (Å²) in [5, 5.41) is 14.0. The molecule has 2 aromatic heterocycles. The number of rotatable bonds is 3. The number of carbonyl (C=O) groups is 1. The first-order valence-electron chi connectivity index (χ1n) is 6.46. The molecule has 0 amide bonds. The maximum Gasteiger partial charge on any atom is 0.205 e. The normalized spacial score (nSPS) is 11.5. The number of ketones is 1. The number of aromatic amines is 1. The Morgan fingerprint density at radius 1 is 1.38 bits per heavy atom. The summed E-state index contributed by atoms with van der Waals surface area (Å²) in [6.45, 7) is 1.96. The zero-order chi connectivity index (χ0) is 14.8. The predicted molar refractivity (Wildman–Crippen MR) is 85.3 cm³/mol. The first-order valence-corrected chi connectivity index (χ1v) is 7.40. The second-order valence-electron chi connectivity index (χ2n) is 4.76. The Hall–Kier alpha value is -2.64. The summed E-state index contributed by atoms with van der Waals surface area (Å²) < 4.78 is 0. The fraction of sp³-hybridized carbons (Fsp3) is 0.0588. The molecule has 0 saturated carbocycles. The first-order chi connectivity index (χ1) is 10.2. The number of Topliss-reactive ketones (excluding diaryl/α,β-unsaturated/α-hetero) is 1. The molecule has 1 aromatic carbocycles. The van der Waals surface area contributed by atoms with Crippen LogP contribution in [0, 0.1) is 18.3 Å². The van der Waals surface area contributed by atoms with Crippen LogP contribution in [0.25, 0.3) is 17.0 Å². The van der Waals surface area contributed by atoms with E-state index in [1.165, 1.54) is 11.3 Å². The lowest BCUT2D eigenvalue weighted by atomic mass is 9.99. The summed E-state index contributed by atoms with van der Waals surface area (Å²) in [7, 11) is 0. The van der Waals surface area contributed by atoms with Crippen molar-refractivity contribution in [2.45, 2.75) is 6.92 Å². The van der Waals surface area contributed by atoms with E-state index in [9.17, 15) is 10.1 Å². The Labute approximate surface area is 126 Å². The van der Waals surface area contributed by atoms with Crippen molar-refractivity contribution in [3.05, 3.63) is 63.5 Å². The molecule has 0 atom stereocenters. The average molecular weight is 292 g/mol. The number of fused-ring (bicyclic) bond motifs is 1. The highest BCUT2D eigenvalue weighted by molar-refractivity contribution is 7.08. The van der Waals surface area contributed by atoms with Crippen LogP contribution in [0.4, 0.5) is 0 Å². The fourth-order valence-corrected chi connectivity index (χ4v) is 2.98. The number of hydrogen-bond acceptors (Lipinski definition) is 3. The number of thiophene rings is 1. The van der Waals surface area contributed by atoms with Gasteiger partial charge in [0, 0.05) is 22.7 Å². The molecule has 1 N–H and O–H groups in total. The molecular weight excluding hydrogens is 280 g/mol. The minimum atomic E-state index is -0.246. The summed E-state index contributed by atoms with van der Waals surface area (Å²) in [6, 6.07) is 9.72. The van der Waals surface area contributed by atoms with Crippen LogP contribution in [0.5, 0.6) is 0 Å². The van der Waals surface area contributed by atoms with Gasteiger partial charge in [-0.15, -0.1) is 0 Å². The smallest absolute Gasteiger partial charge is 0.205 e. The molecule has 102 valence electrons. The van der Waals surface area contributed by atoms with Crippen LogP contribution in [0.1, 0.15) is 21.5 Å². The maximum absolute atomic E-state index is 12.6. The summed E-state index contributed by atoms with van der Waals surface area (Å²) in [4.78, 5) is 15.7. The van der Waals surface area contributed by atoms with E-state index in [-0.39, 0.29) is 11.4 Å². The molecule has 0 spiro atoms. The van der Waals surface area contributed by atoms with E-state index in [0.717, 1.165) is 22.0 Å². The Kier molecular flexibility index (Phi) is 3.43. The van der Waals surface area contributed by atoms with Gasteiger partial charge in [-0.05, 0) is 47.0 Å². The molecule has 0 aliphatic rings. The molecule has 0 radical (unpaired) electrons. The molecule has 0 aliphatic carbocycles. The highest BCUT2D eigenvalue weighted by Gasteiger charge is 2.17. The van der Waals surface area contributed by atoms with E-state index in [4.69, 9.17) is 0 Å². The van der Waals surface area contributed by atoms with Crippen molar-refractivity contribution in [2.75, 3.05) is 0 Å². The minimum Gasteiger partial charge on any atom is -0.360 e. The van der Waals surface area contributed by atoms with Gasteiger partial charge in [-0.2, -0.15) is 16.6 Å². The third-order valence-corrected chi connectivity index (χ3v) is 4.08. The number of allylic oxidation sites excluding steroid dienone is 1. The molecular formula is C17H12N2OS. The fourth-order valence-electron chi connectivity index (χ4n) is 2.36. The van der Waals surface area contributed by atoms with Gasteiger partial charge in [0.2, 0.25) is 5.78 Å². The van der Waals surface area contributed by atoms with Crippen molar-refractivity contribution >= 4 is 34.1 Å². The van der Waals surface area contributed by atoms with Crippen molar-refractivity contribution in [3.8, 4) is 6.07 Å². The molecule has 3 nitrogen and oxygen atoms in total. The molecule has 3 rings (SSSR count). The van der Waals surface area contributed by atoms with Crippen LogP contribution in [-0.4, -0.2) is 10.8 Å². The van der Waals surface area contributed by atoms with Gasteiger partial charge in [-0.3, -0.25) is 4.79 Å². The van der Waals surface area contributed by atoms with Gasteiger partial charge in [0.15, 0.2) is 0 Å². The van der Waals surface area contributed by atoms with Gasteiger partial charge in [0.1, 0.15) is 11.6 Å². The third kappa shape index (κ3) is 2.39. The van der Waals surface area contributed by atoms with Crippen LogP contribution < -0.4 is 0 Å². The second-order valence-corrected chi connectivity index (χ2v) is 5.54. The SMILES string of the molecule is Cc1cccc2[nH]cc(C(=O)C(C#N)=Cc3ccsc3)c12. The Balaban J connectivity index is 2.10. The standard InChI is InChI=1S/C17H12N2OS/c1-11-3-2-4-15-16(11)14(9-19-15)17(20)13(8-18)7-12-5-6-21-10-12/h2-7,9-10,19H,1H3. The second kappa shape index (κ2) is 5.39.